The Hall–Kier alpha value is -8.49. The van der Waals surface area contributed by atoms with Crippen molar-refractivity contribution in [2.24, 2.45) is 0 Å². The van der Waals surface area contributed by atoms with E-state index in [4.69, 9.17) is 72.0 Å². The van der Waals surface area contributed by atoms with E-state index in [1.54, 1.807) is 99.6 Å². The molecule has 0 aliphatic carbocycles. The molecule has 0 bridgehead atoms. The van der Waals surface area contributed by atoms with Gasteiger partial charge in [-0.15, -0.1) is 0 Å². The average molecular weight is 2230 g/mol. The number of nitrogens with two attached hydrogens (primary N) is 1. The van der Waals surface area contributed by atoms with Crippen LogP contribution in [0.25, 0.3) is 66.7 Å². The van der Waals surface area contributed by atoms with Crippen LogP contribution in [-0.4, -0.2) is 118 Å². The van der Waals surface area contributed by atoms with Crippen molar-refractivity contribution in [1.29, 1.82) is 0 Å². The monoisotopic (exact) mass is 2220 g/mol. The molecule has 0 unspecified atom stereocenters. The van der Waals surface area contributed by atoms with Gasteiger partial charge in [0.05, 0.1) is 82.0 Å². The number of phenolic OH excluding ortho intramolecular Hbond substituents is 1. The van der Waals surface area contributed by atoms with Crippen molar-refractivity contribution >= 4 is 169 Å². The van der Waals surface area contributed by atoms with Crippen molar-refractivity contribution in [2.45, 2.75) is 233 Å². The van der Waals surface area contributed by atoms with Crippen LogP contribution in [0.2, 0.25) is 0 Å². The van der Waals surface area contributed by atoms with Crippen molar-refractivity contribution in [3.63, 3.8) is 0 Å². The molecule has 13 aromatic rings. The molecule has 0 saturated carbocycles. The van der Waals surface area contributed by atoms with Crippen LogP contribution in [0.15, 0.2) is 206 Å². The fraction of sp³-hybridized carbons (Fsp3) is 0.400. The number of anilines is 1. The number of phenols is 1. The first-order valence-corrected chi connectivity index (χ1v) is 45.8. The Morgan fingerprint density at radius 2 is 0.856 bits per heavy atom. The van der Waals surface area contributed by atoms with Gasteiger partial charge in [0.1, 0.15) is 11.5 Å². The van der Waals surface area contributed by atoms with Gasteiger partial charge in [0.15, 0.2) is 22.3 Å². The van der Waals surface area contributed by atoms with E-state index in [0.29, 0.717) is 83.0 Å². The Labute approximate surface area is 834 Å². The summed E-state index contributed by atoms with van der Waals surface area (Å²) in [6.45, 7) is 45.6. The topological polar surface area (TPSA) is 346 Å². The number of halogens is 5. The fourth-order valence-electron chi connectivity index (χ4n) is 13.0. The summed E-state index contributed by atoms with van der Waals surface area (Å²) in [6, 6.07) is 38.2. The SMILES string of the molecule is C.C.C.CC1(C)OB(B2OC(C)(C)C(C)(C)O2)OC1(C)C.CCn1c(=O)oc2ccc(-c3c[nH]c(=O)cc3C)cc21.CCn1c(=O)oc2ccc(-c3cnc(OC)cc3C)cc21.CCn1c(=O)oc2ccc(B3OC(C)(C)C(C)(C)O3)cc21.CCn1c(=O)oc2ccc(Br)cc21.COc1cc(C)c(Br)cn1.Nc1cc(Br)ccc1O.O=C1Cc2cc(Br)ccc2O1.[2H]CI.[CH2-]CC.[V]. The Morgan fingerprint density at radius 1 is 0.500 bits per heavy atom. The molecule has 0 spiro atoms. The number of esters is 1. The normalized spacial score (nSPS) is 15.0. The molecule has 7 aromatic heterocycles. The fourth-order valence-corrected chi connectivity index (χ4v) is 14.3. The van der Waals surface area contributed by atoms with Crippen LogP contribution in [0.5, 0.6) is 23.3 Å². The molecule has 713 valence electrons. The summed E-state index contributed by atoms with van der Waals surface area (Å²) >= 11 is 15.2. The number of ether oxygens (including phenoxy) is 3. The van der Waals surface area contributed by atoms with Crippen LogP contribution in [0, 0.1) is 27.7 Å². The molecule has 28 nitrogen and oxygen atoms in total. The number of nitrogens with zero attached hydrogens (tertiary/aromatic N) is 6. The predicted octanol–water partition coefficient (Wildman–Crippen LogP) is 21.8. The van der Waals surface area contributed by atoms with Gasteiger partial charge in [-0.2, -0.15) is 6.42 Å². The number of aromatic nitrogens is 7. The van der Waals surface area contributed by atoms with Gasteiger partial charge >= 0.3 is 50.1 Å². The van der Waals surface area contributed by atoms with Gasteiger partial charge in [0.25, 0.3) is 0 Å². The first-order valence-electron chi connectivity index (χ1n) is 41.8. The quantitative estimate of drug-likeness (QED) is 0.0167. The second-order valence-corrected chi connectivity index (χ2v) is 36.1. The molecule has 6 aromatic carbocycles. The van der Waals surface area contributed by atoms with Gasteiger partial charge in [-0.05, 0) is 277 Å². The Kier molecular flexibility index (Phi) is 43.0. The van der Waals surface area contributed by atoms with E-state index < -0.39 is 21.1 Å². The van der Waals surface area contributed by atoms with Crippen LogP contribution in [0.1, 0.15) is 170 Å². The minimum Gasteiger partial charge on any atom is -0.506 e. The van der Waals surface area contributed by atoms with Gasteiger partial charge in [-0.1, -0.05) is 118 Å². The van der Waals surface area contributed by atoms with Gasteiger partial charge in [0.2, 0.25) is 17.3 Å². The maximum absolute atomic E-state index is 11.7. The van der Waals surface area contributed by atoms with Crippen molar-refractivity contribution in [2.75, 3.05) is 24.9 Å². The summed E-state index contributed by atoms with van der Waals surface area (Å²) in [7, 11) is 1.82. The van der Waals surface area contributed by atoms with Crippen molar-refractivity contribution in [1.82, 2.24) is 33.2 Å². The number of oxazole rings is 4. The van der Waals surface area contributed by atoms with Gasteiger partial charge in [-0.25, -0.2) is 29.1 Å². The molecule has 1 radical (unpaired) electrons. The molecule has 4 N–H and O–H groups in total. The van der Waals surface area contributed by atoms with Crippen molar-refractivity contribution in [3.8, 4) is 45.5 Å². The number of hydrogen-bond donors (Lipinski definition) is 3. The van der Waals surface area contributed by atoms with Crippen LogP contribution in [-0.2, 0) is 83.9 Å². The molecule has 0 amide bonds. The third-order valence-electron chi connectivity index (χ3n) is 22.1. The molecule has 132 heavy (non-hydrogen) atoms. The predicted molar refractivity (Wildman–Crippen MR) is 548 cm³/mol. The third-order valence-corrected chi connectivity index (χ3v) is 24.4. The molecule has 37 heteroatoms. The number of methoxy groups -OCH3 is 2. The van der Waals surface area contributed by atoms with Crippen LogP contribution in [0.3, 0.4) is 0 Å². The molecular weight excluding hydrogens is 2100 g/mol. The number of benzene rings is 6. The number of carbonyl (C=O) groups excluding carboxylic acids is 1. The summed E-state index contributed by atoms with van der Waals surface area (Å²) in [4.78, 5) is 79.8. The number of aromatic hydroxyl groups is 1. The Bertz CT molecular complexity index is 6300. The smallest absolute Gasteiger partial charge is 0.494 e. The number of nitrogens with one attached hydrogen (secondary N) is 1. The molecule has 0 atom stereocenters. The molecule has 17 rings (SSSR count). The van der Waals surface area contributed by atoms with E-state index in [1.807, 2.05) is 240 Å². The molecule has 4 aliphatic rings. The zero-order valence-corrected chi connectivity index (χ0v) is 86.4. The van der Waals surface area contributed by atoms with E-state index in [9.17, 15) is 28.8 Å². The largest absolute Gasteiger partial charge is 0.506 e. The van der Waals surface area contributed by atoms with E-state index in [0.717, 1.165) is 96.3 Å². The maximum atomic E-state index is 11.7. The van der Waals surface area contributed by atoms with E-state index in [2.05, 4.69) is 85.6 Å². The number of aromatic amines is 1. The van der Waals surface area contributed by atoms with Crippen LogP contribution >= 0.6 is 86.3 Å². The summed E-state index contributed by atoms with van der Waals surface area (Å²) in [5, 5.41) is 8.90. The summed E-state index contributed by atoms with van der Waals surface area (Å²) in [5.74, 6) is 0.586. The van der Waals surface area contributed by atoms with Gasteiger partial charge < -0.3 is 82.6 Å². The summed E-state index contributed by atoms with van der Waals surface area (Å²) in [6.07, 6.45) is 6.60. The number of H-pyrrole nitrogens is 1. The minimum absolute atomic E-state index is 0. The zero-order valence-electron chi connectivity index (χ0n) is 77.5. The molecular formula is C95H123B3Br4IN8O20V-. The maximum Gasteiger partial charge on any atom is 0.494 e. The second-order valence-electron chi connectivity index (χ2n) is 32.5. The zero-order chi connectivity index (χ0) is 95.8. The number of hydrogen-bond acceptors (Lipinski definition) is 23. The Balaban J connectivity index is 0.000000318. The third kappa shape index (κ3) is 28.3. The first kappa shape index (κ1) is 114. The number of pyridine rings is 3. The van der Waals surface area contributed by atoms with Crippen molar-refractivity contribution in [3.05, 3.63) is 246 Å². The first-order chi connectivity index (χ1) is 60.6. The minimum atomic E-state index is -0.476. The number of carbonyl (C=O) groups is 1. The average Bonchev–Trinajstić information content (AvgIpc) is 1.58. The van der Waals surface area contributed by atoms with Gasteiger partial charge in [0, 0.05) is 117 Å². The number of fused-ring (bicyclic) bond motifs is 5. The standard InChI is InChI=1S/C16H16N2O3.C15H20BNO4.C15H14N2O3.C12H24B2O4.C9H8BrNO2.C8H5BrO2.C7H8BrNO.C6H6BrNO.C3H7.CH3I.3CH4.V/c1-4-18-13-8-11(5-6-14(13)21-16(18)19)12-9-17-15(20-3)7-10(12)2;1-6-17-11-9-10(7-8-12(11)19-13(17)18)16-20-14(2,3)15(4,5)21-16;1-3-17-12-7-10(4-5-13(12)20-15(17)19)11-8-16-14(18)6-9(11)2;1-9(2)10(3,4)16-13(15-9)14-17-11(5,6)12(7,8)18-14;1-2-11-7-5-6(10)3-4-8(7)13-9(11)12;9-6-1-2-7-5(3-6)4-8(10)11-7;1-5-3-7(10-2)9-4-6(5)8;7-4-1-2-6(9)5(8)3-4;1-3-2;1-2;;;;/h5-9H,4H2,1-3H3;7-9H,6H2,1-5H3;4-8H,3H2,1-2H3,(H,16,18);1-8H3;3-5H,2H2,1H3;1-3H,4H2;3-4H,1-2H3;1-3,9H,8H2;1,3H2,2H3;1H3;3*1H4;/q;;;;;;;;-1;;;;;/i;;;;;;;;;1D;;;;. The molecule has 3 fully saturated rings. The molecule has 3 saturated heterocycles. The van der Waals surface area contributed by atoms with E-state index in [-0.39, 0.29) is 115 Å². The van der Waals surface area contributed by atoms with E-state index >= 15 is 0 Å². The molecule has 4 aliphatic heterocycles. The number of alkyl halides is 1. The van der Waals surface area contributed by atoms with Gasteiger partial charge in [-0.3, -0.25) is 27.9 Å². The van der Waals surface area contributed by atoms with Crippen LogP contribution < -0.4 is 54.0 Å². The molecule has 11 heterocycles. The second kappa shape index (κ2) is 49.8. The number of aryl methyl sites for hydroxylation is 7. The van der Waals surface area contributed by atoms with E-state index in [1.165, 1.54) is 0 Å². The number of nitrogen functional groups attached to an aromatic ring is 1. The van der Waals surface area contributed by atoms with Crippen molar-refractivity contribution < 1.29 is 89.6 Å². The Morgan fingerprint density at radius 3 is 1.26 bits per heavy atom. The summed E-state index contributed by atoms with van der Waals surface area (Å²) in [5.41, 5.74) is 17.8. The number of rotatable bonds is 10. The van der Waals surface area contributed by atoms with Crippen LogP contribution in [0.4, 0.5) is 5.69 Å². The summed E-state index contributed by atoms with van der Waals surface area (Å²) < 4.78 is 87.9.